The molecule has 0 unspecified atom stereocenters. The molecule has 6 heteroatoms. The molecular weight excluding hydrogens is 332 g/mol. The predicted octanol–water partition coefficient (Wildman–Crippen LogP) is 3.22. The summed E-state index contributed by atoms with van der Waals surface area (Å²) in [5.74, 6) is 1.56. The van der Waals surface area contributed by atoms with Gasteiger partial charge in [0.05, 0.1) is 14.2 Å². The van der Waals surface area contributed by atoms with Crippen molar-refractivity contribution in [3.05, 3.63) is 60.0 Å². The van der Waals surface area contributed by atoms with Gasteiger partial charge in [-0.3, -0.25) is 4.79 Å². The van der Waals surface area contributed by atoms with Crippen LogP contribution in [0.1, 0.15) is 11.5 Å². The Morgan fingerprint density at radius 3 is 2.73 bits per heavy atom. The molecule has 0 spiro atoms. The monoisotopic (exact) mass is 352 g/mol. The number of aromatic nitrogens is 1. The Hall–Kier alpha value is -3.28. The topological polar surface area (TPSA) is 73.6 Å². The number of hydrogen-bond acceptors (Lipinski definition) is 5. The van der Waals surface area contributed by atoms with Gasteiger partial charge in [-0.25, -0.2) is 4.98 Å². The lowest BCUT2D eigenvalue weighted by Gasteiger charge is -2.09. The Morgan fingerprint density at radius 1 is 1.15 bits per heavy atom. The van der Waals surface area contributed by atoms with Gasteiger partial charge in [-0.15, -0.1) is 0 Å². The molecule has 3 rings (SSSR count). The molecule has 1 aromatic heterocycles. The number of methoxy groups -OCH3 is 2. The minimum absolute atomic E-state index is 0.201. The van der Waals surface area contributed by atoms with Crippen LogP contribution >= 0.6 is 0 Å². The minimum Gasteiger partial charge on any atom is -0.493 e. The molecule has 3 aromatic rings. The van der Waals surface area contributed by atoms with Crippen LogP contribution in [0, 0.1) is 0 Å². The van der Waals surface area contributed by atoms with Crippen LogP contribution in [0.15, 0.2) is 53.0 Å². The highest BCUT2D eigenvalue weighted by Crippen LogP contribution is 2.27. The molecule has 0 saturated carbocycles. The van der Waals surface area contributed by atoms with Gasteiger partial charge in [-0.2, -0.15) is 0 Å². The summed E-state index contributed by atoms with van der Waals surface area (Å²) in [5.41, 5.74) is 2.51. The van der Waals surface area contributed by atoms with Gasteiger partial charge in [0.15, 0.2) is 17.1 Å². The third-order valence-corrected chi connectivity index (χ3v) is 3.85. The Morgan fingerprint density at radius 2 is 1.96 bits per heavy atom. The fourth-order valence-electron chi connectivity index (χ4n) is 2.53. The van der Waals surface area contributed by atoms with E-state index < -0.39 is 0 Å². The molecule has 1 amide bonds. The largest absolute Gasteiger partial charge is 0.493 e. The first-order chi connectivity index (χ1) is 12.7. The fourth-order valence-corrected chi connectivity index (χ4v) is 2.53. The van der Waals surface area contributed by atoms with Crippen molar-refractivity contribution in [2.24, 2.45) is 0 Å². The number of rotatable bonds is 7. The van der Waals surface area contributed by atoms with Gasteiger partial charge in [0.25, 0.3) is 0 Å². The maximum Gasteiger partial charge on any atom is 0.244 e. The highest BCUT2D eigenvalue weighted by Gasteiger charge is 2.05. The summed E-state index contributed by atoms with van der Waals surface area (Å²) >= 11 is 0. The van der Waals surface area contributed by atoms with Crippen molar-refractivity contribution in [2.75, 3.05) is 20.8 Å². The average molecular weight is 352 g/mol. The molecule has 6 nitrogen and oxygen atoms in total. The number of ether oxygens (including phenoxy) is 2. The maximum absolute atomic E-state index is 11.9. The molecular formula is C20H20N2O4. The summed E-state index contributed by atoms with van der Waals surface area (Å²) in [7, 11) is 3.20. The van der Waals surface area contributed by atoms with E-state index in [-0.39, 0.29) is 5.91 Å². The van der Waals surface area contributed by atoms with Crippen LogP contribution in [0.25, 0.3) is 17.2 Å². The number of amides is 1. The molecule has 0 atom stereocenters. The summed E-state index contributed by atoms with van der Waals surface area (Å²) < 4.78 is 16.0. The van der Waals surface area contributed by atoms with Crippen LogP contribution in [-0.2, 0) is 11.2 Å². The normalized spacial score (nSPS) is 11.0. The van der Waals surface area contributed by atoms with E-state index in [9.17, 15) is 4.79 Å². The Balaban J connectivity index is 1.52. The van der Waals surface area contributed by atoms with Crippen molar-refractivity contribution in [2.45, 2.75) is 6.42 Å². The van der Waals surface area contributed by atoms with Gasteiger partial charge in [0.2, 0.25) is 11.8 Å². The third-order valence-electron chi connectivity index (χ3n) is 3.85. The van der Waals surface area contributed by atoms with Crippen LogP contribution < -0.4 is 14.8 Å². The van der Waals surface area contributed by atoms with Crippen LogP contribution in [0.5, 0.6) is 11.5 Å². The highest BCUT2D eigenvalue weighted by molar-refractivity contribution is 5.91. The second-order valence-corrected chi connectivity index (χ2v) is 5.58. The van der Waals surface area contributed by atoms with Gasteiger partial charge < -0.3 is 19.2 Å². The van der Waals surface area contributed by atoms with E-state index in [2.05, 4.69) is 10.3 Å². The van der Waals surface area contributed by atoms with Crippen LogP contribution in [0.3, 0.4) is 0 Å². The lowest BCUT2D eigenvalue weighted by atomic mass is 10.1. The smallest absolute Gasteiger partial charge is 0.244 e. The Labute approximate surface area is 151 Å². The zero-order chi connectivity index (χ0) is 18.4. The first-order valence-electron chi connectivity index (χ1n) is 8.22. The number of carbonyl (C=O) groups is 1. The molecule has 0 aliphatic rings. The number of carbonyl (C=O) groups excluding carboxylic acids is 1. The van der Waals surface area contributed by atoms with Gasteiger partial charge in [0, 0.05) is 18.7 Å². The van der Waals surface area contributed by atoms with Gasteiger partial charge in [-0.1, -0.05) is 18.2 Å². The zero-order valence-corrected chi connectivity index (χ0v) is 14.7. The summed E-state index contributed by atoms with van der Waals surface area (Å²) in [6.45, 7) is 0.506. The van der Waals surface area contributed by atoms with Crippen molar-refractivity contribution in [1.82, 2.24) is 10.3 Å². The molecule has 0 aliphatic heterocycles. The van der Waals surface area contributed by atoms with E-state index in [1.165, 1.54) is 6.08 Å². The van der Waals surface area contributed by atoms with Gasteiger partial charge in [0.1, 0.15) is 5.52 Å². The molecule has 0 saturated heterocycles. The van der Waals surface area contributed by atoms with E-state index >= 15 is 0 Å². The molecule has 0 bridgehead atoms. The number of benzene rings is 2. The van der Waals surface area contributed by atoms with Gasteiger partial charge >= 0.3 is 0 Å². The SMILES string of the molecule is COc1ccc(CCNC(=O)/C=C/c2nc3ccccc3o2)cc1OC. The number of nitrogens with one attached hydrogen (secondary N) is 1. The summed E-state index contributed by atoms with van der Waals surface area (Å²) in [6.07, 6.45) is 3.66. The van der Waals surface area contributed by atoms with Crippen molar-refractivity contribution >= 4 is 23.1 Å². The Kier molecular flexibility index (Phi) is 5.53. The summed E-state index contributed by atoms with van der Waals surface area (Å²) in [6, 6.07) is 13.2. The Bertz CT molecular complexity index is 897. The summed E-state index contributed by atoms with van der Waals surface area (Å²) in [5, 5.41) is 2.83. The number of oxazole rings is 1. The van der Waals surface area contributed by atoms with Crippen molar-refractivity contribution in [1.29, 1.82) is 0 Å². The average Bonchev–Trinajstić information content (AvgIpc) is 3.09. The number of para-hydroxylation sites is 2. The molecule has 0 radical (unpaired) electrons. The first kappa shape index (κ1) is 17.5. The van der Waals surface area contributed by atoms with Crippen molar-refractivity contribution in [3.63, 3.8) is 0 Å². The van der Waals surface area contributed by atoms with Crippen molar-refractivity contribution in [3.8, 4) is 11.5 Å². The van der Waals surface area contributed by atoms with E-state index in [0.717, 1.165) is 11.1 Å². The molecule has 2 aromatic carbocycles. The predicted molar refractivity (Wildman–Crippen MR) is 99.3 cm³/mol. The minimum atomic E-state index is -0.201. The number of fused-ring (bicyclic) bond motifs is 1. The molecule has 26 heavy (non-hydrogen) atoms. The van der Waals surface area contributed by atoms with E-state index in [1.807, 2.05) is 42.5 Å². The maximum atomic E-state index is 11.9. The lowest BCUT2D eigenvalue weighted by Crippen LogP contribution is -2.23. The first-order valence-corrected chi connectivity index (χ1v) is 8.22. The van der Waals surface area contributed by atoms with E-state index in [1.54, 1.807) is 20.3 Å². The van der Waals surface area contributed by atoms with E-state index in [4.69, 9.17) is 13.9 Å². The van der Waals surface area contributed by atoms with E-state index in [0.29, 0.717) is 35.9 Å². The quantitative estimate of drug-likeness (QED) is 0.661. The fraction of sp³-hybridized carbons (Fsp3) is 0.200. The number of nitrogens with zero attached hydrogens (tertiary/aromatic N) is 1. The highest BCUT2D eigenvalue weighted by atomic mass is 16.5. The molecule has 0 fully saturated rings. The number of hydrogen-bond donors (Lipinski definition) is 1. The second kappa shape index (κ2) is 8.20. The standard InChI is InChI=1S/C20H20N2O4/c1-24-17-8-7-14(13-18(17)25-2)11-12-21-19(23)9-10-20-22-15-5-3-4-6-16(15)26-20/h3-10,13H,11-12H2,1-2H3,(H,21,23)/b10-9+. The molecule has 1 N–H and O–H groups in total. The third kappa shape index (κ3) is 4.22. The van der Waals surface area contributed by atoms with Gasteiger partial charge in [-0.05, 0) is 36.2 Å². The van der Waals surface area contributed by atoms with Crippen molar-refractivity contribution < 1.29 is 18.7 Å². The molecule has 134 valence electrons. The summed E-state index contributed by atoms with van der Waals surface area (Å²) in [4.78, 5) is 16.2. The lowest BCUT2D eigenvalue weighted by molar-refractivity contribution is -0.116. The second-order valence-electron chi connectivity index (χ2n) is 5.58. The molecule has 1 heterocycles. The van der Waals surface area contributed by atoms with Crippen LogP contribution in [0.4, 0.5) is 0 Å². The molecule has 0 aliphatic carbocycles. The van der Waals surface area contributed by atoms with Crippen LogP contribution in [-0.4, -0.2) is 31.7 Å². The van der Waals surface area contributed by atoms with Crippen LogP contribution in [0.2, 0.25) is 0 Å². The zero-order valence-electron chi connectivity index (χ0n) is 14.7.